The number of aryl methyl sites for hydroxylation is 3. The van der Waals surface area contributed by atoms with Crippen molar-refractivity contribution in [3.05, 3.63) is 89.0 Å². The third kappa shape index (κ3) is 7.50. The van der Waals surface area contributed by atoms with Crippen LogP contribution in [0.15, 0.2) is 71.6 Å². The largest absolute Gasteiger partial charge is 0.497 e. The second-order valence-electron chi connectivity index (χ2n) is 11.2. The fourth-order valence-electron chi connectivity index (χ4n) is 5.40. The van der Waals surface area contributed by atoms with Gasteiger partial charge in [-0.1, -0.05) is 48.7 Å². The number of hydrogen-bond acceptors (Lipinski definition) is 5. The third-order valence-corrected chi connectivity index (χ3v) is 9.53. The number of benzene rings is 3. The SMILES string of the molecule is COc1cccc(CN(C(=O)CN(c2cc(C)cc(C)c2)S(=O)(=O)c2ccc(C)cc2)C(C)C(=O)NC2CCCC2)c1. The molecular weight excluding hydrogens is 550 g/mol. The van der Waals surface area contributed by atoms with E-state index >= 15 is 0 Å². The van der Waals surface area contributed by atoms with Crippen LogP contribution in [0, 0.1) is 20.8 Å². The first kappa shape index (κ1) is 31.1. The summed E-state index contributed by atoms with van der Waals surface area (Å²) in [4.78, 5) is 29.1. The average molecular weight is 592 g/mol. The molecule has 2 amide bonds. The van der Waals surface area contributed by atoms with Gasteiger partial charge in [0.15, 0.2) is 0 Å². The van der Waals surface area contributed by atoms with E-state index in [0.29, 0.717) is 11.4 Å². The van der Waals surface area contributed by atoms with Gasteiger partial charge in [0.05, 0.1) is 17.7 Å². The third-order valence-electron chi connectivity index (χ3n) is 7.74. The highest BCUT2D eigenvalue weighted by molar-refractivity contribution is 7.92. The van der Waals surface area contributed by atoms with E-state index in [0.717, 1.165) is 52.2 Å². The molecule has 224 valence electrons. The zero-order chi connectivity index (χ0) is 30.4. The molecule has 1 N–H and O–H groups in total. The van der Waals surface area contributed by atoms with Crippen LogP contribution < -0.4 is 14.4 Å². The molecule has 1 aliphatic rings. The predicted octanol–water partition coefficient (Wildman–Crippen LogP) is 5.29. The van der Waals surface area contributed by atoms with E-state index in [2.05, 4.69) is 5.32 Å². The highest BCUT2D eigenvalue weighted by atomic mass is 32.2. The smallest absolute Gasteiger partial charge is 0.264 e. The van der Waals surface area contributed by atoms with Crippen LogP contribution >= 0.6 is 0 Å². The summed E-state index contributed by atoms with van der Waals surface area (Å²) in [5.74, 6) is -0.110. The van der Waals surface area contributed by atoms with E-state index < -0.39 is 28.5 Å². The van der Waals surface area contributed by atoms with Crippen LogP contribution in [0.25, 0.3) is 0 Å². The van der Waals surface area contributed by atoms with Crippen molar-refractivity contribution >= 4 is 27.5 Å². The number of anilines is 1. The van der Waals surface area contributed by atoms with E-state index in [1.54, 1.807) is 50.4 Å². The molecule has 0 aliphatic heterocycles. The molecule has 0 spiro atoms. The van der Waals surface area contributed by atoms with E-state index in [1.165, 1.54) is 4.90 Å². The van der Waals surface area contributed by atoms with Crippen LogP contribution in [-0.4, -0.2) is 50.9 Å². The Hall–Kier alpha value is -3.85. The first-order valence-corrected chi connectivity index (χ1v) is 15.8. The normalized spacial score (nSPS) is 14.3. The first-order valence-electron chi connectivity index (χ1n) is 14.4. The molecule has 0 heterocycles. The summed E-state index contributed by atoms with van der Waals surface area (Å²) in [7, 11) is -2.55. The van der Waals surface area contributed by atoms with Crippen LogP contribution in [-0.2, 0) is 26.2 Å². The molecule has 42 heavy (non-hydrogen) atoms. The minimum atomic E-state index is -4.12. The molecular formula is C33H41N3O5S. The molecule has 0 bridgehead atoms. The van der Waals surface area contributed by atoms with E-state index in [1.807, 2.05) is 51.1 Å². The minimum absolute atomic E-state index is 0.0856. The maximum Gasteiger partial charge on any atom is 0.264 e. The van der Waals surface area contributed by atoms with Gasteiger partial charge in [0.25, 0.3) is 10.0 Å². The maximum absolute atomic E-state index is 14.2. The molecule has 0 radical (unpaired) electrons. The topological polar surface area (TPSA) is 96.0 Å². The fraction of sp³-hybridized carbons (Fsp3) is 0.394. The summed E-state index contributed by atoms with van der Waals surface area (Å²) in [6, 6.07) is 18.6. The number of ether oxygens (including phenoxy) is 1. The standard InChI is InChI=1S/C33H41N3O5S/c1-23-13-15-31(16-14-23)42(39,40)36(29-18-24(2)17-25(3)19-29)22-32(37)35(21-27-9-8-12-30(20-27)41-5)26(4)33(38)34-28-10-6-7-11-28/h8-9,12-20,26,28H,6-7,10-11,21-22H2,1-5H3,(H,34,38). The van der Waals surface area contributed by atoms with Gasteiger partial charge in [-0.2, -0.15) is 0 Å². The summed E-state index contributed by atoms with van der Waals surface area (Å²) in [6.07, 6.45) is 3.95. The van der Waals surface area contributed by atoms with Gasteiger partial charge in [-0.15, -0.1) is 0 Å². The Labute approximate surface area is 249 Å². The predicted molar refractivity (Wildman–Crippen MR) is 165 cm³/mol. The zero-order valence-corrected chi connectivity index (χ0v) is 25.9. The van der Waals surface area contributed by atoms with Gasteiger partial charge in [0.1, 0.15) is 18.3 Å². The Morgan fingerprint density at radius 2 is 1.57 bits per heavy atom. The molecule has 9 heteroatoms. The molecule has 1 aliphatic carbocycles. The van der Waals surface area contributed by atoms with Crippen LogP contribution in [0.5, 0.6) is 5.75 Å². The van der Waals surface area contributed by atoms with Crippen molar-refractivity contribution in [2.24, 2.45) is 0 Å². The van der Waals surface area contributed by atoms with Gasteiger partial charge in [0, 0.05) is 12.6 Å². The molecule has 1 atom stereocenters. The second-order valence-corrected chi connectivity index (χ2v) is 13.1. The van der Waals surface area contributed by atoms with Crippen molar-refractivity contribution in [1.29, 1.82) is 0 Å². The summed E-state index contributed by atoms with van der Waals surface area (Å²) in [5.41, 5.74) is 3.83. The van der Waals surface area contributed by atoms with E-state index in [9.17, 15) is 18.0 Å². The lowest BCUT2D eigenvalue weighted by molar-refractivity contribution is -0.139. The van der Waals surface area contributed by atoms with Gasteiger partial charge < -0.3 is 15.0 Å². The summed E-state index contributed by atoms with van der Waals surface area (Å²) >= 11 is 0. The molecule has 1 fully saturated rings. The molecule has 3 aromatic carbocycles. The highest BCUT2D eigenvalue weighted by Crippen LogP contribution is 2.27. The van der Waals surface area contributed by atoms with Gasteiger partial charge in [-0.3, -0.25) is 13.9 Å². The Balaban J connectivity index is 1.72. The van der Waals surface area contributed by atoms with Gasteiger partial charge in [0.2, 0.25) is 11.8 Å². The fourth-order valence-corrected chi connectivity index (χ4v) is 6.80. The lowest BCUT2D eigenvalue weighted by Gasteiger charge is -2.32. The monoisotopic (exact) mass is 591 g/mol. The molecule has 1 unspecified atom stereocenters. The lowest BCUT2D eigenvalue weighted by atomic mass is 10.1. The van der Waals surface area contributed by atoms with Gasteiger partial charge in [-0.05, 0) is 93.6 Å². The zero-order valence-electron chi connectivity index (χ0n) is 25.1. The molecule has 8 nitrogen and oxygen atoms in total. The highest BCUT2D eigenvalue weighted by Gasteiger charge is 2.33. The number of amides is 2. The van der Waals surface area contributed by atoms with E-state index in [-0.39, 0.29) is 23.4 Å². The van der Waals surface area contributed by atoms with Gasteiger partial charge in [-0.25, -0.2) is 8.42 Å². The summed E-state index contributed by atoms with van der Waals surface area (Å²) in [6.45, 7) is 7.00. The van der Waals surface area contributed by atoms with Crippen molar-refractivity contribution in [3.8, 4) is 5.75 Å². The van der Waals surface area contributed by atoms with Crippen molar-refractivity contribution in [1.82, 2.24) is 10.2 Å². The Morgan fingerprint density at radius 1 is 0.929 bits per heavy atom. The summed E-state index contributed by atoms with van der Waals surface area (Å²) < 4.78 is 34.6. The van der Waals surface area contributed by atoms with Crippen LogP contribution in [0.1, 0.15) is 54.9 Å². The van der Waals surface area contributed by atoms with Crippen LogP contribution in [0.3, 0.4) is 0 Å². The lowest BCUT2D eigenvalue weighted by Crippen LogP contribution is -2.52. The Morgan fingerprint density at radius 3 is 2.19 bits per heavy atom. The second kappa shape index (κ2) is 13.4. The van der Waals surface area contributed by atoms with Crippen molar-refractivity contribution in [2.75, 3.05) is 18.0 Å². The number of carbonyl (C=O) groups is 2. The van der Waals surface area contributed by atoms with Gasteiger partial charge >= 0.3 is 0 Å². The van der Waals surface area contributed by atoms with Crippen molar-refractivity contribution in [2.45, 2.75) is 76.9 Å². The first-order chi connectivity index (χ1) is 20.0. The average Bonchev–Trinajstić information content (AvgIpc) is 3.47. The quantitative estimate of drug-likeness (QED) is 0.327. The molecule has 4 rings (SSSR count). The number of sulfonamides is 1. The summed E-state index contributed by atoms with van der Waals surface area (Å²) in [5, 5.41) is 3.09. The number of methoxy groups -OCH3 is 1. The number of hydrogen-bond donors (Lipinski definition) is 1. The van der Waals surface area contributed by atoms with Crippen LogP contribution in [0.2, 0.25) is 0 Å². The minimum Gasteiger partial charge on any atom is -0.497 e. The number of carbonyl (C=O) groups excluding carboxylic acids is 2. The van der Waals surface area contributed by atoms with Crippen LogP contribution in [0.4, 0.5) is 5.69 Å². The van der Waals surface area contributed by atoms with E-state index in [4.69, 9.17) is 4.74 Å². The molecule has 0 saturated heterocycles. The number of nitrogens with zero attached hydrogens (tertiary/aromatic N) is 2. The molecule has 0 aromatic heterocycles. The Kier molecular flexibility index (Phi) is 9.93. The Bertz CT molecular complexity index is 1490. The van der Waals surface area contributed by atoms with Crippen molar-refractivity contribution in [3.63, 3.8) is 0 Å². The number of rotatable bonds is 11. The maximum atomic E-state index is 14.2. The molecule has 3 aromatic rings. The number of nitrogens with one attached hydrogen (secondary N) is 1. The molecule has 1 saturated carbocycles. The van der Waals surface area contributed by atoms with Crippen molar-refractivity contribution < 1.29 is 22.7 Å².